The second-order valence-electron chi connectivity index (χ2n) is 5.06. The van der Waals surface area contributed by atoms with Gasteiger partial charge >= 0.3 is 0 Å². The molecule has 1 rings (SSSR count). The Bertz CT molecular complexity index is 471. The molecule has 0 aliphatic heterocycles. The van der Waals surface area contributed by atoms with Gasteiger partial charge in [0.05, 0.1) is 13.7 Å². The summed E-state index contributed by atoms with van der Waals surface area (Å²) in [7, 11) is 3.41. The third-order valence-corrected chi connectivity index (χ3v) is 3.66. The van der Waals surface area contributed by atoms with E-state index in [-0.39, 0.29) is 0 Å². The summed E-state index contributed by atoms with van der Waals surface area (Å²) in [6, 6.07) is 5.76. The number of ether oxygens (including phenoxy) is 2. The molecule has 0 saturated carbocycles. The zero-order chi connectivity index (χ0) is 16.4. The number of nitrogens with zero attached hydrogens (tertiary/aromatic N) is 1. The van der Waals surface area contributed by atoms with Crippen molar-refractivity contribution in [2.75, 3.05) is 32.6 Å². The van der Waals surface area contributed by atoms with Gasteiger partial charge in [-0.15, -0.1) is 0 Å². The summed E-state index contributed by atoms with van der Waals surface area (Å²) in [5.74, 6) is 2.88. The number of nitrogens with one attached hydrogen (secondary N) is 2. The molecule has 0 aromatic heterocycles. The molecule has 0 aliphatic rings. The second-order valence-corrected chi connectivity index (χ2v) is 5.06. The van der Waals surface area contributed by atoms with Crippen LogP contribution in [-0.2, 0) is 0 Å². The van der Waals surface area contributed by atoms with Gasteiger partial charge in [-0.05, 0) is 25.0 Å². The van der Waals surface area contributed by atoms with Crippen molar-refractivity contribution >= 4 is 11.6 Å². The highest BCUT2D eigenvalue weighted by Crippen LogP contribution is 2.30. The minimum atomic E-state index is 0.599. The van der Waals surface area contributed by atoms with Crippen molar-refractivity contribution in [1.82, 2.24) is 5.32 Å². The SMILES string of the molecule is CCOc1cc(NC(=NC)NCC(CC)CC)ccc1OC. The van der Waals surface area contributed by atoms with E-state index in [9.17, 15) is 0 Å². The van der Waals surface area contributed by atoms with Crippen LogP contribution in [0.2, 0.25) is 0 Å². The van der Waals surface area contributed by atoms with Gasteiger partial charge in [0.25, 0.3) is 0 Å². The molecule has 0 amide bonds. The van der Waals surface area contributed by atoms with Crippen LogP contribution in [0.1, 0.15) is 33.6 Å². The number of aliphatic imine (C=N–C) groups is 1. The Morgan fingerprint density at radius 3 is 2.45 bits per heavy atom. The molecule has 0 fully saturated rings. The number of methoxy groups -OCH3 is 1. The van der Waals surface area contributed by atoms with Crippen LogP contribution in [-0.4, -0.2) is 33.3 Å². The Balaban J connectivity index is 2.72. The summed E-state index contributed by atoms with van der Waals surface area (Å²) in [5.41, 5.74) is 0.918. The lowest BCUT2D eigenvalue weighted by Gasteiger charge is -2.17. The minimum absolute atomic E-state index is 0.599. The van der Waals surface area contributed by atoms with E-state index < -0.39 is 0 Å². The lowest BCUT2D eigenvalue weighted by atomic mass is 10.0. The van der Waals surface area contributed by atoms with Gasteiger partial charge in [-0.2, -0.15) is 0 Å². The summed E-state index contributed by atoms with van der Waals surface area (Å²) in [5, 5.41) is 6.65. The smallest absolute Gasteiger partial charge is 0.195 e. The fraction of sp³-hybridized carbons (Fsp3) is 0.588. The number of hydrogen-bond donors (Lipinski definition) is 2. The van der Waals surface area contributed by atoms with Gasteiger partial charge in [0.15, 0.2) is 17.5 Å². The fourth-order valence-corrected chi connectivity index (χ4v) is 2.16. The molecule has 1 aromatic rings. The third-order valence-electron chi connectivity index (χ3n) is 3.66. The van der Waals surface area contributed by atoms with Gasteiger partial charge in [0.2, 0.25) is 0 Å². The molecule has 5 heteroatoms. The average Bonchev–Trinajstić information content (AvgIpc) is 2.55. The topological polar surface area (TPSA) is 54.9 Å². The summed E-state index contributed by atoms with van der Waals surface area (Å²) >= 11 is 0. The van der Waals surface area contributed by atoms with Crippen LogP contribution in [0.3, 0.4) is 0 Å². The van der Waals surface area contributed by atoms with Crippen LogP contribution < -0.4 is 20.1 Å². The zero-order valence-corrected chi connectivity index (χ0v) is 14.4. The molecule has 0 unspecified atom stereocenters. The highest BCUT2D eigenvalue weighted by Gasteiger charge is 2.08. The van der Waals surface area contributed by atoms with Gasteiger partial charge in [-0.25, -0.2) is 0 Å². The maximum absolute atomic E-state index is 5.59. The summed E-state index contributed by atoms with van der Waals surface area (Å²) in [4.78, 5) is 4.26. The Morgan fingerprint density at radius 1 is 1.18 bits per heavy atom. The monoisotopic (exact) mass is 307 g/mol. The van der Waals surface area contributed by atoms with Crippen LogP contribution in [0.4, 0.5) is 5.69 Å². The number of hydrogen-bond acceptors (Lipinski definition) is 3. The Labute approximate surface area is 134 Å². The van der Waals surface area contributed by atoms with Crippen molar-refractivity contribution in [2.45, 2.75) is 33.6 Å². The fourth-order valence-electron chi connectivity index (χ4n) is 2.16. The zero-order valence-electron chi connectivity index (χ0n) is 14.4. The summed E-state index contributed by atoms with van der Waals surface area (Å²) in [6.45, 7) is 7.89. The standard InChI is InChI=1S/C17H29N3O2/c1-6-13(7-2)12-19-17(18-4)20-14-9-10-15(21-5)16(11-14)22-8-3/h9-11,13H,6-8,12H2,1-5H3,(H2,18,19,20). The van der Waals surface area contributed by atoms with Crippen LogP contribution >= 0.6 is 0 Å². The molecule has 5 nitrogen and oxygen atoms in total. The van der Waals surface area contributed by atoms with Gasteiger partial charge in [0.1, 0.15) is 0 Å². The van der Waals surface area contributed by atoms with E-state index in [1.54, 1.807) is 14.2 Å². The maximum atomic E-state index is 5.59. The Morgan fingerprint density at radius 2 is 1.91 bits per heavy atom. The predicted octanol–water partition coefficient (Wildman–Crippen LogP) is 3.52. The van der Waals surface area contributed by atoms with Crippen molar-refractivity contribution in [3.63, 3.8) is 0 Å². The number of rotatable bonds is 8. The van der Waals surface area contributed by atoms with E-state index in [0.717, 1.165) is 42.5 Å². The lowest BCUT2D eigenvalue weighted by molar-refractivity contribution is 0.311. The first-order valence-corrected chi connectivity index (χ1v) is 7.96. The van der Waals surface area contributed by atoms with E-state index in [1.165, 1.54) is 0 Å². The summed E-state index contributed by atoms with van der Waals surface area (Å²) < 4.78 is 10.9. The molecule has 22 heavy (non-hydrogen) atoms. The molecule has 0 aliphatic carbocycles. The van der Waals surface area contributed by atoms with Crippen molar-refractivity contribution in [3.8, 4) is 11.5 Å². The molecule has 0 atom stereocenters. The largest absolute Gasteiger partial charge is 0.493 e. The van der Waals surface area contributed by atoms with Crippen LogP contribution in [0.15, 0.2) is 23.2 Å². The van der Waals surface area contributed by atoms with Crippen molar-refractivity contribution in [2.24, 2.45) is 10.9 Å². The van der Waals surface area contributed by atoms with E-state index >= 15 is 0 Å². The number of anilines is 1. The number of benzene rings is 1. The molecular weight excluding hydrogens is 278 g/mol. The van der Waals surface area contributed by atoms with Crippen molar-refractivity contribution in [1.29, 1.82) is 0 Å². The maximum Gasteiger partial charge on any atom is 0.195 e. The Kier molecular flexibility index (Phi) is 8.18. The van der Waals surface area contributed by atoms with E-state index in [2.05, 4.69) is 29.5 Å². The molecule has 0 heterocycles. The quantitative estimate of drug-likeness (QED) is 0.570. The molecule has 0 spiro atoms. The minimum Gasteiger partial charge on any atom is -0.493 e. The first-order valence-electron chi connectivity index (χ1n) is 7.96. The van der Waals surface area contributed by atoms with Crippen LogP contribution in [0.5, 0.6) is 11.5 Å². The molecule has 124 valence electrons. The van der Waals surface area contributed by atoms with Crippen molar-refractivity contribution in [3.05, 3.63) is 18.2 Å². The van der Waals surface area contributed by atoms with Gasteiger partial charge in [0, 0.05) is 25.3 Å². The van der Waals surface area contributed by atoms with E-state index in [1.807, 2.05) is 25.1 Å². The first-order chi connectivity index (χ1) is 10.7. The van der Waals surface area contributed by atoms with Crippen LogP contribution in [0, 0.1) is 5.92 Å². The number of guanidine groups is 1. The molecule has 0 saturated heterocycles. The molecular formula is C17H29N3O2. The van der Waals surface area contributed by atoms with Gasteiger partial charge < -0.3 is 20.1 Å². The van der Waals surface area contributed by atoms with E-state index in [0.29, 0.717) is 12.5 Å². The average molecular weight is 307 g/mol. The molecule has 2 N–H and O–H groups in total. The van der Waals surface area contributed by atoms with E-state index in [4.69, 9.17) is 9.47 Å². The molecule has 0 bridgehead atoms. The first kappa shape index (κ1) is 18.1. The molecule has 0 radical (unpaired) electrons. The van der Waals surface area contributed by atoms with Gasteiger partial charge in [-0.3, -0.25) is 4.99 Å². The van der Waals surface area contributed by atoms with Crippen LogP contribution in [0.25, 0.3) is 0 Å². The van der Waals surface area contributed by atoms with Gasteiger partial charge in [-0.1, -0.05) is 26.7 Å². The third kappa shape index (κ3) is 5.47. The highest BCUT2D eigenvalue weighted by molar-refractivity contribution is 5.93. The second kappa shape index (κ2) is 9.92. The Hall–Kier alpha value is -1.91. The normalized spacial score (nSPS) is 11.5. The summed E-state index contributed by atoms with van der Waals surface area (Å²) in [6.07, 6.45) is 2.33. The molecule has 1 aromatic carbocycles. The lowest BCUT2D eigenvalue weighted by Crippen LogP contribution is -2.34. The highest BCUT2D eigenvalue weighted by atomic mass is 16.5. The van der Waals surface area contributed by atoms with Crippen molar-refractivity contribution < 1.29 is 9.47 Å². The predicted molar refractivity (Wildman–Crippen MR) is 93.2 cm³/mol.